The van der Waals surface area contributed by atoms with E-state index in [-0.39, 0.29) is 0 Å². The first-order valence-electron chi connectivity index (χ1n) is 5.48. The maximum absolute atomic E-state index is 8.85. The standard InChI is InChI=1S/C12H10N6/c1-17-15-12(14-16-17)8-18-5-4-10-6-9(7-13)2-3-11(10)18/h2-6H,8H2,1H3. The van der Waals surface area contributed by atoms with Gasteiger partial charge < -0.3 is 4.57 Å². The minimum Gasteiger partial charge on any atom is -0.340 e. The summed E-state index contributed by atoms with van der Waals surface area (Å²) >= 11 is 0. The fraction of sp³-hybridized carbons (Fsp3) is 0.167. The lowest BCUT2D eigenvalue weighted by Crippen LogP contribution is -2.01. The topological polar surface area (TPSA) is 72.3 Å². The molecule has 0 aliphatic carbocycles. The van der Waals surface area contributed by atoms with Gasteiger partial charge in [-0.05, 0) is 29.5 Å². The molecule has 2 heterocycles. The van der Waals surface area contributed by atoms with Crippen molar-refractivity contribution >= 4 is 10.9 Å². The second-order valence-corrected chi connectivity index (χ2v) is 4.02. The predicted octanol–water partition coefficient (Wildman–Crippen LogP) is 1.08. The van der Waals surface area contributed by atoms with Gasteiger partial charge >= 0.3 is 0 Å². The molecular formula is C12H10N6. The first-order chi connectivity index (χ1) is 8.76. The van der Waals surface area contributed by atoms with E-state index in [2.05, 4.69) is 21.5 Å². The second kappa shape index (κ2) is 3.96. The van der Waals surface area contributed by atoms with Crippen LogP contribution in [-0.4, -0.2) is 24.8 Å². The number of hydrogen-bond acceptors (Lipinski definition) is 4. The van der Waals surface area contributed by atoms with Crippen LogP contribution >= 0.6 is 0 Å². The van der Waals surface area contributed by atoms with E-state index in [4.69, 9.17) is 5.26 Å². The Morgan fingerprint density at radius 1 is 1.33 bits per heavy atom. The first-order valence-corrected chi connectivity index (χ1v) is 5.48. The number of nitriles is 1. The van der Waals surface area contributed by atoms with E-state index in [0.717, 1.165) is 10.9 Å². The van der Waals surface area contributed by atoms with Crippen molar-refractivity contribution in [1.82, 2.24) is 24.8 Å². The normalized spacial score (nSPS) is 10.7. The Balaban J connectivity index is 2.00. The van der Waals surface area contributed by atoms with Crippen molar-refractivity contribution in [3.63, 3.8) is 0 Å². The number of aromatic nitrogens is 5. The third-order valence-corrected chi connectivity index (χ3v) is 2.76. The zero-order valence-corrected chi connectivity index (χ0v) is 9.78. The van der Waals surface area contributed by atoms with Crippen LogP contribution in [0.1, 0.15) is 11.4 Å². The summed E-state index contributed by atoms with van der Waals surface area (Å²) in [5.41, 5.74) is 1.72. The maximum Gasteiger partial charge on any atom is 0.194 e. The van der Waals surface area contributed by atoms with Gasteiger partial charge in [0.2, 0.25) is 0 Å². The van der Waals surface area contributed by atoms with Gasteiger partial charge in [0.05, 0.1) is 25.2 Å². The van der Waals surface area contributed by atoms with Gasteiger partial charge in [0.15, 0.2) is 5.82 Å². The van der Waals surface area contributed by atoms with Crippen molar-refractivity contribution in [2.75, 3.05) is 0 Å². The Labute approximate surface area is 103 Å². The highest BCUT2D eigenvalue weighted by molar-refractivity contribution is 5.81. The molecule has 3 rings (SSSR count). The van der Waals surface area contributed by atoms with Crippen molar-refractivity contribution in [2.24, 2.45) is 7.05 Å². The minimum absolute atomic E-state index is 0.573. The van der Waals surface area contributed by atoms with E-state index in [0.29, 0.717) is 17.9 Å². The van der Waals surface area contributed by atoms with E-state index < -0.39 is 0 Å². The smallest absolute Gasteiger partial charge is 0.194 e. The molecule has 3 aromatic rings. The quantitative estimate of drug-likeness (QED) is 0.669. The molecule has 2 aromatic heterocycles. The summed E-state index contributed by atoms with van der Waals surface area (Å²) in [4.78, 5) is 1.44. The summed E-state index contributed by atoms with van der Waals surface area (Å²) in [6.07, 6.45) is 1.96. The van der Waals surface area contributed by atoms with Crippen LogP contribution in [-0.2, 0) is 13.6 Å². The molecule has 88 valence electrons. The summed E-state index contributed by atoms with van der Waals surface area (Å²) in [5, 5.41) is 21.8. The number of tetrazole rings is 1. The molecule has 1 aromatic carbocycles. The van der Waals surface area contributed by atoms with E-state index in [1.807, 2.05) is 35.0 Å². The molecule has 0 N–H and O–H groups in total. The molecule has 0 saturated heterocycles. The van der Waals surface area contributed by atoms with Crippen molar-refractivity contribution in [3.8, 4) is 6.07 Å². The van der Waals surface area contributed by atoms with Crippen LogP contribution in [0.25, 0.3) is 10.9 Å². The van der Waals surface area contributed by atoms with E-state index >= 15 is 0 Å². The summed E-state index contributed by atoms with van der Waals surface area (Å²) in [6, 6.07) is 9.73. The summed E-state index contributed by atoms with van der Waals surface area (Å²) < 4.78 is 2.04. The molecule has 0 aliphatic heterocycles. The average Bonchev–Trinajstić information content (AvgIpc) is 2.96. The lowest BCUT2D eigenvalue weighted by molar-refractivity contribution is 0.626. The fourth-order valence-electron chi connectivity index (χ4n) is 1.95. The van der Waals surface area contributed by atoms with E-state index in [1.165, 1.54) is 4.80 Å². The van der Waals surface area contributed by atoms with Gasteiger partial charge in [0.25, 0.3) is 0 Å². The summed E-state index contributed by atoms with van der Waals surface area (Å²) in [6.45, 7) is 0.573. The lowest BCUT2D eigenvalue weighted by atomic mass is 10.2. The third kappa shape index (κ3) is 1.72. The Bertz CT molecular complexity index is 745. The molecule has 0 spiro atoms. The second-order valence-electron chi connectivity index (χ2n) is 4.02. The fourth-order valence-corrected chi connectivity index (χ4v) is 1.95. The van der Waals surface area contributed by atoms with Crippen LogP contribution in [0.15, 0.2) is 30.5 Å². The third-order valence-electron chi connectivity index (χ3n) is 2.76. The SMILES string of the molecule is Cn1nnc(Cn2ccc3cc(C#N)ccc32)n1. The van der Waals surface area contributed by atoms with Crippen molar-refractivity contribution in [2.45, 2.75) is 6.54 Å². The molecule has 0 fully saturated rings. The highest BCUT2D eigenvalue weighted by Gasteiger charge is 2.06. The number of nitrogens with zero attached hydrogens (tertiary/aromatic N) is 6. The first kappa shape index (κ1) is 10.5. The minimum atomic E-state index is 0.573. The van der Waals surface area contributed by atoms with Crippen LogP contribution in [0.4, 0.5) is 0 Å². The number of aryl methyl sites for hydroxylation is 1. The number of rotatable bonds is 2. The van der Waals surface area contributed by atoms with Crippen LogP contribution in [0.3, 0.4) is 0 Å². The molecule has 6 heteroatoms. The maximum atomic E-state index is 8.85. The summed E-state index contributed by atoms with van der Waals surface area (Å²) in [5.74, 6) is 0.666. The Morgan fingerprint density at radius 2 is 2.22 bits per heavy atom. The zero-order chi connectivity index (χ0) is 12.5. The van der Waals surface area contributed by atoms with Crippen molar-refractivity contribution in [3.05, 3.63) is 41.9 Å². The molecule has 0 saturated carbocycles. The molecular weight excluding hydrogens is 228 g/mol. The Kier molecular flexibility index (Phi) is 2.31. The molecule has 0 unspecified atom stereocenters. The Hall–Kier alpha value is -2.68. The molecule has 0 amide bonds. The van der Waals surface area contributed by atoms with Gasteiger partial charge in [-0.15, -0.1) is 10.2 Å². The highest BCUT2D eigenvalue weighted by atomic mass is 15.6. The predicted molar refractivity (Wildman–Crippen MR) is 64.6 cm³/mol. The Morgan fingerprint density at radius 3 is 2.94 bits per heavy atom. The zero-order valence-electron chi connectivity index (χ0n) is 9.78. The monoisotopic (exact) mass is 238 g/mol. The van der Waals surface area contributed by atoms with Gasteiger partial charge in [0, 0.05) is 17.1 Å². The summed E-state index contributed by atoms with van der Waals surface area (Å²) in [7, 11) is 1.74. The molecule has 18 heavy (non-hydrogen) atoms. The van der Waals surface area contributed by atoms with Crippen LogP contribution < -0.4 is 0 Å². The van der Waals surface area contributed by atoms with Gasteiger partial charge in [-0.2, -0.15) is 10.1 Å². The van der Waals surface area contributed by atoms with E-state index in [1.54, 1.807) is 7.05 Å². The lowest BCUT2D eigenvalue weighted by Gasteiger charge is -2.01. The molecule has 6 nitrogen and oxygen atoms in total. The van der Waals surface area contributed by atoms with Crippen LogP contribution in [0.5, 0.6) is 0 Å². The van der Waals surface area contributed by atoms with Crippen LogP contribution in [0.2, 0.25) is 0 Å². The molecule has 0 aliphatic rings. The number of hydrogen-bond donors (Lipinski definition) is 0. The largest absolute Gasteiger partial charge is 0.340 e. The number of fused-ring (bicyclic) bond motifs is 1. The van der Waals surface area contributed by atoms with Gasteiger partial charge in [-0.1, -0.05) is 0 Å². The molecule has 0 bridgehead atoms. The van der Waals surface area contributed by atoms with E-state index in [9.17, 15) is 0 Å². The highest BCUT2D eigenvalue weighted by Crippen LogP contribution is 2.17. The van der Waals surface area contributed by atoms with Gasteiger partial charge in [-0.25, -0.2) is 0 Å². The van der Waals surface area contributed by atoms with Crippen molar-refractivity contribution in [1.29, 1.82) is 5.26 Å². The van der Waals surface area contributed by atoms with Crippen LogP contribution in [0, 0.1) is 11.3 Å². The number of benzene rings is 1. The molecule has 0 radical (unpaired) electrons. The van der Waals surface area contributed by atoms with Crippen molar-refractivity contribution < 1.29 is 0 Å². The van der Waals surface area contributed by atoms with Gasteiger partial charge in [0.1, 0.15) is 0 Å². The molecule has 0 atom stereocenters. The average molecular weight is 238 g/mol. The van der Waals surface area contributed by atoms with Gasteiger partial charge in [-0.3, -0.25) is 0 Å².